The number of benzene rings is 2. The lowest BCUT2D eigenvalue weighted by Crippen LogP contribution is -2.19. The maximum atomic E-state index is 12.7. The molecule has 19 heavy (non-hydrogen) atoms. The van der Waals surface area contributed by atoms with Crippen LogP contribution < -0.4 is 10.6 Å². The predicted molar refractivity (Wildman–Crippen MR) is 82.9 cm³/mol. The molecule has 2 rings (SSSR count). The van der Waals surface area contributed by atoms with Crippen molar-refractivity contribution >= 4 is 40.0 Å². The van der Waals surface area contributed by atoms with Crippen molar-refractivity contribution in [3.05, 3.63) is 57.4 Å². The summed E-state index contributed by atoms with van der Waals surface area (Å²) >= 11 is 2.21. The van der Waals surface area contributed by atoms with E-state index in [2.05, 4.69) is 33.2 Å². The third-order valence-electron chi connectivity index (χ3n) is 2.54. The number of nitrogens with one attached hydrogen (secondary N) is 2. The molecule has 0 aliphatic rings. The quantitative estimate of drug-likeness (QED) is 0.757. The third-order valence-corrected chi connectivity index (χ3v) is 3.21. The van der Waals surface area contributed by atoms with Crippen LogP contribution in [0.3, 0.4) is 0 Å². The van der Waals surface area contributed by atoms with Gasteiger partial charge in [-0.1, -0.05) is 0 Å². The molecule has 0 unspecified atom stereocenters. The van der Waals surface area contributed by atoms with Gasteiger partial charge in [0, 0.05) is 14.9 Å². The highest BCUT2D eigenvalue weighted by atomic mass is 127. The van der Waals surface area contributed by atoms with Crippen LogP contribution in [0.25, 0.3) is 0 Å². The molecule has 0 aliphatic heterocycles. The Labute approximate surface area is 124 Å². The molecule has 0 aromatic heterocycles. The van der Waals surface area contributed by atoms with E-state index in [0.717, 1.165) is 14.8 Å². The highest BCUT2D eigenvalue weighted by Gasteiger charge is 2.05. The molecule has 0 radical (unpaired) electrons. The van der Waals surface area contributed by atoms with E-state index in [1.54, 1.807) is 0 Å². The minimum absolute atomic E-state index is 0.334. The van der Waals surface area contributed by atoms with Gasteiger partial charge in [-0.2, -0.15) is 0 Å². The Kier molecular flexibility index (Phi) is 4.36. The average molecular weight is 370 g/mol. The van der Waals surface area contributed by atoms with Crippen molar-refractivity contribution in [3.63, 3.8) is 0 Å². The number of halogens is 2. The molecule has 2 N–H and O–H groups in total. The van der Waals surface area contributed by atoms with Crippen molar-refractivity contribution in [1.29, 1.82) is 0 Å². The summed E-state index contributed by atoms with van der Waals surface area (Å²) in [6.45, 7) is 1.93. The number of carbonyl (C=O) groups is 1. The van der Waals surface area contributed by atoms with Crippen molar-refractivity contribution in [3.8, 4) is 0 Å². The molecule has 0 heterocycles. The van der Waals surface area contributed by atoms with Crippen molar-refractivity contribution in [2.75, 3.05) is 10.6 Å². The number of anilines is 2. The lowest BCUT2D eigenvalue weighted by molar-refractivity contribution is 0.262. The van der Waals surface area contributed by atoms with Crippen molar-refractivity contribution < 1.29 is 9.18 Å². The molecule has 2 aromatic rings. The third kappa shape index (κ3) is 3.92. The highest BCUT2D eigenvalue weighted by Crippen LogP contribution is 2.18. The van der Waals surface area contributed by atoms with E-state index in [1.807, 2.05) is 25.1 Å². The Balaban J connectivity index is 2.03. The maximum Gasteiger partial charge on any atom is 0.323 e. The van der Waals surface area contributed by atoms with Gasteiger partial charge >= 0.3 is 6.03 Å². The fourth-order valence-electron chi connectivity index (χ4n) is 1.59. The monoisotopic (exact) mass is 370 g/mol. The molecule has 0 bridgehead atoms. The topological polar surface area (TPSA) is 41.1 Å². The zero-order chi connectivity index (χ0) is 13.8. The minimum atomic E-state index is -0.351. The number of aryl methyl sites for hydroxylation is 1. The van der Waals surface area contributed by atoms with Gasteiger partial charge in [-0.3, -0.25) is 0 Å². The fourth-order valence-corrected chi connectivity index (χ4v) is 2.23. The largest absolute Gasteiger partial charge is 0.323 e. The zero-order valence-electron chi connectivity index (χ0n) is 10.2. The molecule has 0 saturated carbocycles. The highest BCUT2D eigenvalue weighted by molar-refractivity contribution is 14.1. The van der Waals surface area contributed by atoms with Gasteiger partial charge in [0.25, 0.3) is 0 Å². The van der Waals surface area contributed by atoms with Crippen LogP contribution in [0.4, 0.5) is 20.6 Å². The van der Waals surface area contributed by atoms with Crippen LogP contribution >= 0.6 is 22.6 Å². The van der Waals surface area contributed by atoms with E-state index in [9.17, 15) is 9.18 Å². The molecule has 5 heteroatoms. The molecule has 98 valence electrons. The van der Waals surface area contributed by atoms with Crippen molar-refractivity contribution in [1.82, 2.24) is 0 Å². The minimum Gasteiger partial charge on any atom is -0.308 e. The summed E-state index contributed by atoms with van der Waals surface area (Å²) in [6.07, 6.45) is 0. The standard InChI is InChI=1S/C14H12FIN2O/c1-9-8-11(16)4-7-13(9)18-14(19)17-12-5-2-10(15)3-6-12/h2-8H,1H3,(H2,17,18,19). The number of hydrogen-bond acceptors (Lipinski definition) is 1. The van der Waals surface area contributed by atoms with Gasteiger partial charge in [-0.25, -0.2) is 9.18 Å². The van der Waals surface area contributed by atoms with Crippen LogP contribution in [0.1, 0.15) is 5.56 Å². The van der Waals surface area contributed by atoms with Crippen LogP contribution in [0.15, 0.2) is 42.5 Å². The van der Waals surface area contributed by atoms with Crippen molar-refractivity contribution in [2.45, 2.75) is 6.92 Å². The Morgan fingerprint density at radius 3 is 2.42 bits per heavy atom. The van der Waals surface area contributed by atoms with Crippen LogP contribution in [-0.4, -0.2) is 6.03 Å². The molecule has 0 saturated heterocycles. The van der Waals surface area contributed by atoms with Crippen molar-refractivity contribution in [2.24, 2.45) is 0 Å². The van der Waals surface area contributed by atoms with E-state index in [0.29, 0.717) is 5.69 Å². The first kappa shape index (κ1) is 13.8. The first-order valence-electron chi connectivity index (χ1n) is 5.64. The lowest BCUT2D eigenvalue weighted by atomic mass is 10.2. The lowest BCUT2D eigenvalue weighted by Gasteiger charge is -2.10. The van der Waals surface area contributed by atoms with E-state index in [1.165, 1.54) is 24.3 Å². The number of rotatable bonds is 2. The summed E-state index contributed by atoms with van der Waals surface area (Å²) in [5, 5.41) is 5.39. The van der Waals surface area contributed by atoms with Gasteiger partial charge in [0.1, 0.15) is 5.82 Å². The second-order valence-electron chi connectivity index (χ2n) is 4.05. The zero-order valence-corrected chi connectivity index (χ0v) is 12.4. The van der Waals surface area contributed by atoms with Gasteiger partial charge in [0.2, 0.25) is 0 Å². The summed E-state index contributed by atoms with van der Waals surface area (Å²) in [4.78, 5) is 11.8. The van der Waals surface area contributed by atoms with E-state index >= 15 is 0 Å². The Morgan fingerprint density at radius 2 is 1.79 bits per heavy atom. The Hall–Kier alpha value is -1.63. The average Bonchev–Trinajstić information content (AvgIpc) is 2.36. The molecule has 2 aromatic carbocycles. The van der Waals surface area contributed by atoms with Crippen LogP contribution in [0, 0.1) is 16.3 Å². The molecular formula is C14H12FIN2O. The van der Waals surface area contributed by atoms with Crippen LogP contribution in [0.2, 0.25) is 0 Å². The fraction of sp³-hybridized carbons (Fsp3) is 0.0714. The van der Waals surface area contributed by atoms with Crippen LogP contribution in [-0.2, 0) is 0 Å². The van der Waals surface area contributed by atoms with Gasteiger partial charge in [0.05, 0.1) is 0 Å². The maximum absolute atomic E-state index is 12.7. The number of hydrogen-bond donors (Lipinski definition) is 2. The van der Waals surface area contributed by atoms with Gasteiger partial charge in [0.15, 0.2) is 0 Å². The molecule has 0 aliphatic carbocycles. The number of carbonyl (C=O) groups excluding carboxylic acids is 1. The van der Waals surface area contributed by atoms with Gasteiger partial charge < -0.3 is 10.6 Å². The Morgan fingerprint density at radius 1 is 1.11 bits per heavy atom. The second-order valence-corrected chi connectivity index (χ2v) is 5.29. The second kappa shape index (κ2) is 6.01. The van der Waals surface area contributed by atoms with E-state index in [-0.39, 0.29) is 11.8 Å². The Bertz CT molecular complexity index is 599. The summed E-state index contributed by atoms with van der Waals surface area (Å²) in [5.41, 5.74) is 2.28. The summed E-state index contributed by atoms with van der Waals surface area (Å²) in [5.74, 6) is -0.334. The first-order chi connectivity index (χ1) is 9.04. The van der Waals surface area contributed by atoms with E-state index in [4.69, 9.17) is 0 Å². The molecule has 0 atom stereocenters. The molecule has 0 fully saturated rings. The molecule has 2 amide bonds. The number of urea groups is 1. The summed E-state index contributed by atoms with van der Waals surface area (Å²) in [7, 11) is 0. The summed E-state index contributed by atoms with van der Waals surface area (Å²) < 4.78 is 13.8. The molecule has 0 spiro atoms. The smallest absolute Gasteiger partial charge is 0.308 e. The first-order valence-corrected chi connectivity index (χ1v) is 6.72. The summed E-state index contributed by atoms with van der Waals surface area (Å²) in [6, 6.07) is 11.0. The predicted octanol–water partition coefficient (Wildman–Crippen LogP) is 4.38. The van der Waals surface area contributed by atoms with Gasteiger partial charge in [-0.15, -0.1) is 0 Å². The van der Waals surface area contributed by atoms with Gasteiger partial charge in [-0.05, 0) is 77.5 Å². The van der Waals surface area contributed by atoms with E-state index < -0.39 is 0 Å². The SMILES string of the molecule is Cc1cc(I)ccc1NC(=O)Nc1ccc(F)cc1. The molecular weight excluding hydrogens is 358 g/mol. The number of amides is 2. The molecule has 3 nitrogen and oxygen atoms in total. The normalized spacial score (nSPS) is 10.1. The van der Waals surface area contributed by atoms with Crippen LogP contribution in [0.5, 0.6) is 0 Å².